The van der Waals surface area contributed by atoms with Gasteiger partial charge in [0.15, 0.2) is 0 Å². The topological polar surface area (TPSA) is 41.5 Å². The van der Waals surface area contributed by atoms with E-state index >= 15 is 0 Å². The minimum atomic E-state index is -0.208. The molecule has 0 saturated heterocycles. The number of hydrogen-bond donors (Lipinski definition) is 2. The highest BCUT2D eigenvalue weighted by molar-refractivity contribution is 5.38. The summed E-state index contributed by atoms with van der Waals surface area (Å²) < 4.78 is 6.01. The Morgan fingerprint density at radius 1 is 1.42 bits per heavy atom. The molecule has 0 amide bonds. The van der Waals surface area contributed by atoms with Gasteiger partial charge in [-0.05, 0) is 46.2 Å². The summed E-state index contributed by atoms with van der Waals surface area (Å²) in [5.41, 5.74) is 1.12. The van der Waals surface area contributed by atoms with Crippen molar-refractivity contribution >= 4 is 0 Å². The van der Waals surface area contributed by atoms with E-state index < -0.39 is 0 Å². The molecule has 0 aromatic heterocycles. The molecule has 19 heavy (non-hydrogen) atoms. The Balaban J connectivity index is 1.99. The van der Waals surface area contributed by atoms with Gasteiger partial charge >= 0.3 is 0 Å². The van der Waals surface area contributed by atoms with E-state index in [1.165, 1.54) is 5.56 Å². The van der Waals surface area contributed by atoms with Gasteiger partial charge in [0.2, 0.25) is 0 Å². The minimum absolute atomic E-state index is 0.129. The summed E-state index contributed by atoms with van der Waals surface area (Å²) in [6.45, 7) is 7.04. The minimum Gasteiger partial charge on any atom is -0.487 e. The number of ether oxygens (including phenoxy) is 1. The largest absolute Gasteiger partial charge is 0.487 e. The number of hydrogen-bond acceptors (Lipinski definition) is 3. The van der Waals surface area contributed by atoms with Crippen molar-refractivity contribution in [2.75, 3.05) is 6.54 Å². The van der Waals surface area contributed by atoms with Crippen molar-refractivity contribution in [1.29, 1.82) is 0 Å². The van der Waals surface area contributed by atoms with Gasteiger partial charge in [0.05, 0.1) is 6.10 Å². The molecule has 0 saturated carbocycles. The molecule has 0 fully saturated rings. The fourth-order valence-corrected chi connectivity index (χ4v) is 2.66. The van der Waals surface area contributed by atoms with E-state index in [1.807, 2.05) is 19.1 Å². The molecule has 2 unspecified atom stereocenters. The van der Waals surface area contributed by atoms with Crippen LogP contribution >= 0.6 is 0 Å². The number of aliphatic hydroxyl groups is 1. The maximum absolute atomic E-state index is 9.28. The normalized spacial score (nSPS) is 22.4. The molecular formula is C16H25NO2. The maximum Gasteiger partial charge on any atom is 0.124 e. The Kier molecular flexibility index (Phi) is 4.48. The van der Waals surface area contributed by atoms with Crippen molar-refractivity contribution in [2.45, 2.75) is 57.8 Å². The van der Waals surface area contributed by atoms with Crippen LogP contribution in [-0.4, -0.2) is 23.4 Å². The van der Waals surface area contributed by atoms with Crippen LogP contribution in [0.25, 0.3) is 0 Å². The van der Waals surface area contributed by atoms with Crippen LogP contribution in [0.3, 0.4) is 0 Å². The second kappa shape index (κ2) is 5.93. The Labute approximate surface area is 116 Å². The first kappa shape index (κ1) is 14.4. The van der Waals surface area contributed by atoms with Gasteiger partial charge in [0.1, 0.15) is 11.4 Å². The fourth-order valence-electron chi connectivity index (χ4n) is 2.66. The van der Waals surface area contributed by atoms with Gasteiger partial charge in [-0.3, -0.25) is 0 Å². The lowest BCUT2D eigenvalue weighted by Crippen LogP contribution is -2.39. The molecule has 2 rings (SSSR count). The molecule has 1 aromatic carbocycles. The highest BCUT2D eigenvalue weighted by atomic mass is 16.5. The average Bonchev–Trinajstić information content (AvgIpc) is 2.33. The SMILES string of the molecule is CC(O)CCCNC1CC(C)(C)Oc2ccccc21. The third-order valence-corrected chi connectivity index (χ3v) is 3.57. The number of fused-ring (bicyclic) bond motifs is 1. The summed E-state index contributed by atoms with van der Waals surface area (Å²) in [6.07, 6.45) is 2.61. The molecule has 106 valence electrons. The summed E-state index contributed by atoms with van der Waals surface area (Å²) >= 11 is 0. The lowest BCUT2D eigenvalue weighted by Gasteiger charge is -2.38. The zero-order valence-electron chi connectivity index (χ0n) is 12.1. The molecule has 3 nitrogen and oxygen atoms in total. The van der Waals surface area contributed by atoms with Gasteiger partial charge in [-0.15, -0.1) is 0 Å². The van der Waals surface area contributed by atoms with E-state index in [9.17, 15) is 5.11 Å². The number of aliphatic hydroxyl groups excluding tert-OH is 1. The van der Waals surface area contributed by atoms with E-state index in [-0.39, 0.29) is 11.7 Å². The summed E-state index contributed by atoms with van der Waals surface area (Å²) in [5.74, 6) is 0.992. The standard InChI is InChI=1S/C16H25NO2/c1-12(18)7-6-10-17-14-11-16(2,3)19-15-9-5-4-8-13(14)15/h4-5,8-9,12,14,17-18H,6-7,10-11H2,1-3H3. The highest BCUT2D eigenvalue weighted by Crippen LogP contribution is 2.39. The van der Waals surface area contributed by atoms with Gasteiger partial charge in [-0.1, -0.05) is 18.2 Å². The van der Waals surface area contributed by atoms with E-state index in [4.69, 9.17) is 4.74 Å². The second-order valence-electron chi connectivity index (χ2n) is 6.10. The Morgan fingerprint density at radius 3 is 2.89 bits per heavy atom. The number of rotatable bonds is 5. The van der Waals surface area contributed by atoms with Gasteiger partial charge in [0, 0.05) is 18.0 Å². The van der Waals surface area contributed by atoms with Crippen LogP contribution in [0.5, 0.6) is 5.75 Å². The predicted octanol–water partition coefficient (Wildman–Crippen LogP) is 3.04. The van der Waals surface area contributed by atoms with Crippen molar-refractivity contribution in [3.63, 3.8) is 0 Å². The zero-order chi connectivity index (χ0) is 13.9. The fraction of sp³-hybridized carbons (Fsp3) is 0.625. The van der Waals surface area contributed by atoms with E-state index in [0.29, 0.717) is 6.04 Å². The molecule has 3 heteroatoms. The first-order valence-corrected chi connectivity index (χ1v) is 7.17. The quantitative estimate of drug-likeness (QED) is 0.802. The van der Waals surface area contributed by atoms with E-state index in [1.54, 1.807) is 0 Å². The first-order chi connectivity index (χ1) is 8.98. The van der Waals surface area contributed by atoms with Crippen LogP contribution in [0.4, 0.5) is 0 Å². The number of nitrogens with one attached hydrogen (secondary N) is 1. The third kappa shape index (κ3) is 3.95. The Hall–Kier alpha value is -1.06. The Morgan fingerprint density at radius 2 is 2.16 bits per heavy atom. The average molecular weight is 263 g/mol. The van der Waals surface area contributed by atoms with Gasteiger partial charge < -0.3 is 15.2 Å². The molecule has 1 aliphatic heterocycles. The summed E-state index contributed by atoms with van der Waals surface area (Å²) in [5, 5.41) is 12.9. The molecule has 2 N–H and O–H groups in total. The van der Waals surface area contributed by atoms with Crippen LogP contribution < -0.4 is 10.1 Å². The zero-order valence-corrected chi connectivity index (χ0v) is 12.1. The third-order valence-electron chi connectivity index (χ3n) is 3.57. The smallest absolute Gasteiger partial charge is 0.124 e. The lowest BCUT2D eigenvalue weighted by molar-refractivity contribution is 0.0657. The molecule has 2 atom stereocenters. The summed E-state index contributed by atoms with van der Waals surface area (Å²) in [7, 11) is 0. The van der Waals surface area contributed by atoms with Gasteiger partial charge in [-0.25, -0.2) is 0 Å². The molecule has 0 bridgehead atoms. The molecule has 0 aliphatic carbocycles. The van der Waals surface area contributed by atoms with Crippen molar-refractivity contribution in [3.05, 3.63) is 29.8 Å². The van der Waals surface area contributed by atoms with Crippen molar-refractivity contribution in [1.82, 2.24) is 5.32 Å². The van der Waals surface area contributed by atoms with Crippen LogP contribution in [0.1, 0.15) is 51.6 Å². The van der Waals surface area contributed by atoms with Crippen LogP contribution in [-0.2, 0) is 0 Å². The van der Waals surface area contributed by atoms with Crippen LogP contribution in [0.15, 0.2) is 24.3 Å². The van der Waals surface area contributed by atoms with Crippen molar-refractivity contribution < 1.29 is 9.84 Å². The molecule has 1 aliphatic rings. The Bertz CT molecular complexity index is 415. The van der Waals surface area contributed by atoms with E-state index in [0.717, 1.165) is 31.6 Å². The van der Waals surface area contributed by atoms with Crippen LogP contribution in [0.2, 0.25) is 0 Å². The number of para-hydroxylation sites is 1. The van der Waals surface area contributed by atoms with Gasteiger partial charge in [0.25, 0.3) is 0 Å². The molecule has 1 aromatic rings. The predicted molar refractivity (Wildman–Crippen MR) is 77.4 cm³/mol. The summed E-state index contributed by atoms with van der Waals surface area (Å²) in [6, 6.07) is 8.60. The maximum atomic E-state index is 9.28. The number of benzene rings is 1. The first-order valence-electron chi connectivity index (χ1n) is 7.17. The van der Waals surface area contributed by atoms with E-state index in [2.05, 4.69) is 31.3 Å². The highest BCUT2D eigenvalue weighted by Gasteiger charge is 2.32. The van der Waals surface area contributed by atoms with Crippen molar-refractivity contribution in [3.8, 4) is 5.75 Å². The van der Waals surface area contributed by atoms with Crippen LogP contribution in [0, 0.1) is 0 Å². The molecule has 0 radical (unpaired) electrons. The van der Waals surface area contributed by atoms with Crippen molar-refractivity contribution in [2.24, 2.45) is 0 Å². The summed E-state index contributed by atoms with van der Waals surface area (Å²) in [4.78, 5) is 0. The molecule has 0 spiro atoms. The van der Waals surface area contributed by atoms with Gasteiger partial charge in [-0.2, -0.15) is 0 Å². The molecular weight excluding hydrogens is 238 g/mol. The lowest BCUT2D eigenvalue weighted by atomic mass is 9.89. The second-order valence-corrected chi connectivity index (χ2v) is 6.10. The molecule has 1 heterocycles. The monoisotopic (exact) mass is 263 g/mol.